The lowest BCUT2D eigenvalue weighted by atomic mass is 10.1. The van der Waals surface area contributed by atoms with Crippen LogP contribution in [0.2, 0.25) is 0 Å². The van der Waals surface area contributed by atoms with E-state index in [1.807, 2.05) is 0 Å². The standard InChI is InChI=1S/C11H15NO3/c1-7-5-9(3-4-10(7)14)11(15)12-6-8(2)13/h3-5,8,13-14H,6H2,1-2H3,(H,12,15)/t8-/m1/s1. The number of rotatable bonds is 3. The van der Waals surface area contributed by atoms with Gasteiger partial charge in [0, 0.05) is 12.1 Å². The highest BCUT2D eigenvalue weighted by atomic mass is 16.3. The highest BCUT2D eigenvalue weighted by molar-refractivity contribution is 5.94. The highest BCUT2D eigenvalue weighted by Crippen LogP contribution is 2.16. The second-order valence-corrected chi connectivity index (χ2v) is 3.56. The third-order valence-electron chi connectivity index (χ3n) is 2.02. The summed E-state index contributed by atoms with van der Waals surface area (Å²) in [6, 6.07) is 4.62. The smallest absolute Gasteiger partial charge is 0.251 e. The molecular formula is C11H15NO3. The van der Waals surface area contributed by atoms with Crippen molar-refractivity contribution in [3.05, 3.63) is 29.3 Å². The normalized spacial score (nSPS) is 12.2. The summed E-state index contributed by atoms with van der Waals surface area (Å²) < 4.78 is 0. The number of phenolic OH excluding ortho intramolecular Hbond substituents is 1. The molecule has 0 unspecified atom stereocenters. The van der Waals surface area contributed by atoms with E-state index in [9.17, 15) is 9.90 Å². The third kappa shape index (κ3) is 3.25. The Labute approximate surface area is 88.6 Å². The van der Waals surface area contributed by atoms with Gasteiger partial charge < -0.3 is 15.5 Å². The first-order valence-electron chi connectivity index (χ1n) is 4.76. The van der Waals surface area contributed by atoms with Crippen LogP contribution in [-0.2, 0) is 0 Å². The number of aliphatic hydroxyl groups is 1. The first-order chi connectivity index (χ1) is 7.00. The fourth-order valence-electron chi connectivity index (χ4n) is 1.14. The van der Waals surface area contributed by atoms with E-state index >= 15 is 0 Å². The maximum atomic E-state index is 11.5. The van der Waals surface area contributed by atoms with Gasteiger partial charge in [-0.3, -0.25) is 4.79 Å². The van der Waals surface area contributed by atoms with Gasteiger partial charge in [-0.1, -0.05) is 0 Å². The summed E-state index contributed by atoms with van der Waals surface area (Å²) in [5.74, 6) is -0.0823. The third-order valence-corrected chi connectivity index (χ3v) is 2.02. The van der Waals surface area contributed by atoms with Gasteiger partial charge in [0.15, 0.2) is 0 Å². The van der Waals surface area contributed by atoms with Gasteiger partial charge >= 0.3 is 0 Å². The van der Waals surface area contributed by atoms with Gasteiger partial charge in [-0.15, -0.1) is 0 Å². The van der Waals surface area contributed by atoms with E-state index in [0.29, 0.717) is 11.1 Å². The quantitative estimate of drug-likeness (QED) is 0.690. The van der Waals surface area contributed by atoms with Crippen molar-refractivity contribution < 1.29 is 15.0 Å². The minimum absolute atomic E-state index is 0.169. The van der Waals surface area contributed by atoms with Gasteiger partial charge in [0.2, 0.25) is 0 Å². The molecule has 0 bridgehead atoms. The van der Waals surface area contributed by atoms with Gasteiger partial charge in [0.05, 0.1) is 6.10 Å². The zero-order valence-electron chi connectivity index (χ0n) is 8.82. The summed E-state index contributed by atoms with van der Waals surface area (Å²) in [5.41, 5.74) is 1.13. The Morgan fingerprint density at radius 2 is 2.20 bits per heavy atom. The van der Waals surface area contributed by atoms with Crippen molar-refractivity contribution in [2.45, 2.75) is 20.0 Å². The number of benzene rings is 1. The molecule has 1 atom stereocenters. The molecule has 0 fully saturated rings. The molecule has 4 nitrogen and oxygen atoms in total. The molecule has 1 aromatic rings. The number of aromatic hydroxyl groups is 1. The average Bonchev–Trinajstić information content (AvgIpc) is 2.18. The Morgan fingerprint density at radius 3 is 2.73 bits per heavy atom. The van der Waals surface area contributed by atoms with Crippen LogP contribution in [-0.4, -0.2) is 28.8 Å². The van der Waals surface area contributed by atoms with E-state index in [4.69, 9.17) is 5.11 Å². The number of carbonyl (C=O) groups is 1. The van der Waals surface area contributed by atoms with Crippen LogP contribution in [0.4, 0.5) is 0 Å². The van der Waals surface area contributed by atoms with Crippen molar-refractivity contribution in [1.82, 2.24) is 5.32 Å². The number of amides is 1. The van der Waals surface area contributed by atoms with Crippen LogP contribution in [0.15, 0.2) is 18.2 Å². The predicted octanol–water partition coefficient (Wildman–Crippen LogP) is 0.811. The van der Waals surface area contributed by atoms with Gasteiger partial charge in [0.1, 0.15) is 5.75 Å². The molecule has 0 spiro atoms. The molecule has 0 aliphatic carbocycles. The topological polar surface area (TPSA) is 69.6 Å². The van der Waals surface area contributed by atoms with Crippen LogP contribution in [0.5, 0.6) is 5.75 Å². The fourth-order valence-corrected chi connectivity index (χ4v) is 1.14. The van der Waals surface area contributed by atoms with Crippen molar-refractivity contribution in [1.29, 1.82) is 0 Å². The highest BCUT2D eigenvalue weighted by Gasteiger charge is 2.07. The molecule has 0 radical (unpaired) electrons. The molecule has 1 aromatic carbocycles. The lowest BCUT2D eigenvalue weighted by Gasteiger charge is -2.08. The largest absolute Gasteiger partial charge is 0.508 e. The van der Waals surface area contributed by atoms with Crippen LogP contribution in [0.1, 0.15) is 22.8 Å². The SMILES string of the molecule is Cc1cc(C(=O)NC[C@@H](C)O)ccc1O. The molecule has 1 amide bonds. The summed E-state index contributed by atoms with van der Waals surface area (Å²) in [5, 5.41) is 20.8. The van der Waals surface area contributed by atoms with Crippen LogP contribution in [0.25, 0.3) is 0 Å². The maximum Gasteiger partial charge on any atom is 0.251 e. The minimum Gasteiger partial charge on any atom is -0.508 e. The molecule has 3 N–H and O–H groups in total. The second kappa shape index (κ2) is 4.79. The molecular weight excluding hydrogens is 194 g/mol. The zero-order valence-corrected chi connectivity index (χ0v) is 8.82. The number of phenols is 1. The number of hydrogen-bond donors (Lipinski definition) is 3. The van der Waals surface area contributed by atoms with Crippen LogP contribution < -0.4 is 5.32 Å². The minimum atomic E-state index is -0.563. The van der Waals surface area contributed by atoms with Gasteiger partial charge in [0.25, 0.3) is 5.91 Å². The molecule has 0 saturated carbocycles. The van der Waals surface area contributed by atoms with Crippen molar-refractivity contribution in [2.24, 2.45) is 0 Å². The molecule has 0 saturated heterocycles. The Kier molecular flexibility index (Phi) is 3.68. The van der Waals surface area contributed by atoms with Crippen molar-refractivity contribution >= 4 is 5.91 Å². The number of aryl methyl sites for hydroxylation is 1. The van der Waals surface area contributed by atoms with Gasteiger partial charge in [-0.05, 0) is 37.6 Å². The number of hydrogen-bond acceptors (Lipinski definition) is 3. The maximum absolute atomic E-state index is 11.5. The monoisotopic (exact) mass is 209 g/mol. The van der Waals surface area contributed by atoms with E-state index in [1.54, 1.807) is 26.0 Å². The molecule has 82 valence electrons. The van der Waals surface area contributed by atoms with Gasteiger partial charge in [-0.2, -0.15) is 0 Å². The zero-order chi connectivity index (χ0) is 11.4. The summed E-state index contributed by atoms with van der Waals surface area (Å²) >= 11 is 0. The van der Waals surface area contributed by atoms with E-state index in [0.717, 1.165) is 0 Å². The van der Waals surface area contributed by atoms with E-state index in [1.165, 1.54) is 6.07 Å². The lowest BCUT2D eigenvalue weighted by Crippen LogP contribution is -2.30. The van der Waals surface area contributed by atoms with Crippen LogP contribution in [0, 0.1) is 6.92 Å². The van der Waals surface area contributed by atoms with Crippen LogP contribution in [0.3, 0.4) is 0 Å². The number of aliphatic hydroxyl groups excluding tert-OH is 1. The summed E-state index contributed by atoms with van der Waals surface area (Å²) in [7, 11) is 0. The Balaban J connectivity index is 2.70. The molecule has 1 rings (SSSR count). The first-order valence-corrected chi connectivity index (χ1v) is 4.76. The molecule has 4 heteroatoms. The van der Waals surface area contributed by atoms with E-state index in [2.05, 4.69) is 5.32 Å². The summed E-state index contributed by atoms with van der Waals surface area (Å²) in [6.07, 6.45) is -0.563. The summed E-state index contributed by atoms with van der Waals surface area (Å²) in [6.45, 7) is 3.54. The number of nitrogens with one attached hydrogen (secondary N) is 1. The predicted molar refractivity (Wildman–Crippen MR) is 56.9 cm³/mol. The van der Waals surface area contributed by atoms with Crippen molar-refractivity contribution in [3.63, 3.8) is 0 Å². The van der Waals surface area contributed by atoms with E-state index in [-0.39, 0.29) is 18.2 Å². The Bertz CT molecular complexity index is 361. The fraction of sp³-hybridized carbons (Fsp3) is 0.364. The van der Waals surface area contributed by atoms with Crippen LogP contribution >= 0.6 is 0 Å². The first kappa shape index (κ1) is 11.5. The molecule has 0 aromatic heterocycles. The second-order valence-electron chi connectivity index (χ2n) is 3.56. The summed E-state index contributed by atoms with van der Waals surface area (Å²) in [4.78, 5) is 11.5. The Hall–Kier alpha value is -1.55. The average molecular weight is 209 g/mol. The lowest BCUT2D eigenvalue weighted by molar-refractivity contribution is 0.0924. The van der Waals surface area contributed by atoms with Gasteiger partial charge in [-0.25, -0.2) is 0 Å². The van der Waals surface area contributed by atoms with Crippen molar-refractivity contribution in [3.8, 4) is 5.75 Å². The Morgan fingerprint density at radius 1 is 1.53 bits per heavy atom. The van der Waals surface area contributed by atoms with Crippen molar-refractivity contribution in [2.75, 3.05) is 6.54 Å². The molecule has 0 aliphatic rings. The molecule has 0 heterocycles. The number of carbonyl (C=O) groups excluding carboxylic acids is 1. The molecule has 15 heavy (non-hydrogen) atoms. The van der Waals surface area contributed by atoms with E-state index < -0.39 is 6.10 Å². The molecule has 0 aliphatic heterocycles.